The Morgan fingerprint density at radius 2 is 1.93 bits per heavy atom. The summed E-state index contributed by atoms with van der Waals surface area (Å²) >= 11 is 0.960. The van der Waals surface area contributed by atoms with Gasteiger partial charge in [-0.1, -0.05) is 31.2 Å². The van der Waals surface area contributed by atoms with Gasteiger partial charge in [-0.3, -0.25) is 14.5 Å². The Balaban J connectivity index is 1.72. The van der Waals surface area contributed by atoms with Crippen molar-refractivity contribution in [2.75, 3.05) is 0 Å². The van der Waals surface area contributed by atoms with Crippen LogP contribution < -0.4 is 4.74 Å². The normalized spacial score (nSPS) is 16.9. The average molecular weight is 385 g/mol. The van der Waals surface area contributed by atoms with E-state index in [2.05, 4.69) is 0 Å². The van der Waals surface area contributed by atoms with Crippen molar-refractivity contribution in [2.45, 2.75) is 32.9 Å². The molecule has 140 valence electrons. The van der Waals surface area contributed by atoms with Crippen LogP contribution in [0.3, 0.4) is 0 Å². The lowest BCUT2D eigenvalue weighted by Gasteiger charge is -2.19. The van der Waals surface area contributed by atoms with Crippen LogP contribution in [0.15, 0.2) is 53.4 Å². The summed E-state index contributed by atoms with van der Waals surface area (Å²) in [5.74, 6) is 0.0956. The van der Waals surface area contributed by atoms with Gasteiger partial charge in [-0.25, -0.2) is 4.39 Å². The van der Waals surface area contributed by atoms with E-state index in [1.165, 1.54) is 17.0 Å². The summed E-state index contributed by atoms with van der Waals surface area (Å²) in [4.78, 5) is 26.3. The van der Waals surface area contributed by atoms with E-state index >= 15 is 0 Å². The highest BCUT2D eigenvalue weighted by atomic mass is 32.2. The predicted octanol–water partition coefficient (Wildman–Crippen LogP) is 5.24. The van der Waals surface area contributed by atoms with Gasteiger partial charge in [0.15, 0.2) is 0 Å². The van der Waals surface area contributed by atoms with E-state index in [9.17, 15) is 14.0 Å². The molecule has 1 aliphatic heterocycles. The first-order valence-electron chi connectivity index (χ1n) is 8.72. The first-order chi connectivity index (χ1) is 13.0. The Labute approximate surface area is 162 Å². The van der Waals surface area contributed by atoms with Crippen molar-refractivity contribution >= 4 is 29.0 Å². The van der Waals surface area contributed by atoms with E-state index in [1.807, 2.05) is 32.0 Å². The fraction of sp³-hybridized carbons (Fsp3) is 0.238. The summed E-state index contributed by atoms with van der Waals surface area (Å²) in [6, 6.07) is 13.3. The molecule has 0 radical (unpaired) electrons. The van der Waals surface area contributed by atoms with Crippen molar-refractivity contribution in [3.05, 3.63) is 70.4 Å². The minimum atomic E-state index is -0.285. The molecule has 0 aromatic heterocycles. The third kappa shape index (κ3) is 4.57. The lowest BCUT2D eigenvalue weighted by atomic mass is 10.2. The van der Waals surface area contributed by atoms with Crippen LogP contribution in [0.4, 0.5) is 9.18 Å². The highest BCUT2D eigenvalue weighted by molar-refractivity contribution is 8.18. The third-order valence-electron chi connectivity index (χ3n) is 4.33. The monoisotopic (exact) mass is 385 g/mol. The number of benzene rings is 2. The van der Waals surface area contributed by atoms with Crippen molar-refractivity contribution in [2.24, 2.45) is 0 Å². The SMILES string of the molecule is CC[C@H](C)N1C(=O)S/C(=C/c2cccc(OCc3ccc(F)cc3)c2)C1=O. The fourth-order valence-electron chi connectivity index (χ4n) is 2.64. The molecule has 0 unspecified atom stereocenters. The molecule has 1 heterocycles. The number of nitrogens with zero attached hydrogens (tertiary/aromatic N) is 1. The van der Waals surface area contributed by atoms with E-state index in [0.29, 0.717) is 17.3 Å². The number of amides is 2. The summed E-state index contributed by atoms with van der Waals surface area (Å²) in [6.45, 7) is 4.12. The maximum absolute atomic E-state index is 13.0. The molecule has 2 aromatic carbocycles. The summed E-state index contributed by atoms with van der Waals surface area (Å²) in [5, 5.41) is -0.232. The molecule has 0 N–H and O–H groups in total. The molecule has 4 nitrogen and oxygen atoms in total. The number of imide groups is 1. The molecule has 0 bridgehead atoms. The Morgan fingerprint density at radius 3 is 2.63 bits per heavy atom. The molecule has 1 fully saturated rings. The first kappa shape index (κ1) is 19.2. The minimum Gasteiger partial charge on any atom is -0.489 e. The predicted molar refractivity (Wildman–Crippen MR) is 105 cm³/mol. The molecule has 1 saturated heterocycles. The van der Waals surface area contributed by atoms with E-state index in [1.54, 1.807) is 24.3 Å². The Kier molecular flexibility index (Phi) is 5.96. The van der Waals surface area contributed by atoms with Gasteiger partial charge < -0.3 is 4.74 Å². The van der Waals surface area contributed by atoms with Crippen molar-refractivity contribution in [3.63, 3.8) is 0 Å². The molecular weight excluding hydrogens is 365 g/mol. The second kappa shape index (κ2) is 8.39. The number of halogens is 1. The van der Waals surface area contributed by atoms with Crippen LogP contribution in [0.1, 0.15) is 31.4 Å². The second-order valence-electron chi connectivity index (χ2n) is 6.30. The number of carbonyl (C=O) groups excluding carboxylic acids is 2. The smallest absolute Gasteiger partial charge is 0.293 e. The fourth-order valence-corrected chi connectivity index (χ4v) is 3.57. The molecule has 1 aliphatic rings. The zero-order chi connectivity index (χ0) is 19.4. The van der Waals surface area contributed by atoms with E-state index in [-0.39, 0.29) is 23.0 Å². The van der Waals surface area contributed by atoms with Gasteiger partial charge in [0.05, 0.1) is 4.91 Å². The number of hydrogen-bond acceptors (Lipinski definition) is 4. The Hall–Kier alpha value is -2.60. The highest BCUT2D eigenvalue weighted by Gasteiger charge is 2.37. The van der Waals surface area contributed by atoms with Gasteiger partial charge >= 0.3 is 0 Å². The largest absolute Gasteiger partial charge is 0.489 e. The van der Waals surface area contributed by atoms with Gasteiger partial charge in [0.1, 0.15) is 18.2 Å². The molecule has 27 heavy (non-hydrogen) atoms. The van der Waals surface area contributed by atoms with Crippen molar-refractivity contribution in [3.8, 4) is 5.75 Å². The van der Waals surface area contributed by atoms with Gasteiger partial charge in [-0.05, 0) is 66.6 Å². The molecule has 0 saturated carbocycles. The van der Waals surface area contributed by atoms with Gasteiger partial charge in [0.25, 0.3) is 11.1 Å². The van der Waals surface area contributed by atoms with Gasteiger partial charge in [0, 0.05) is 6.04 Å². The lowest BCUT2D eigenvalue weighted by molar-refractivity contribution is -0.124. The quantitative estimate of drug-likeness (QED) is 0.638. The van der Waals surface area contributed by atoms with Crippen LogP contribution in [-0.2, 0) is 11.4 Å². The molecule has 1 atom stereocenters. The molecule has 2 aromatic rings. The second-order valence-corrected chi connectivity index (χ2v) is 7.29. The van der Waals surface area contributed by atoms with Crippen LogP contribution in [0.25, 0.3) is 6.08 Å². The van der Waals surface area contributed by atoms with Crippen molar-refractivity contribution in [1.29, 1.82) is 0 Å². The Morgan fingerprint density at radius 1 is 1.19 bits per heavy atom. The minimum absolute atomic E-state index is 0.117. The summed E-state index contributed by atoms with van der Waals surface area (Å²) in [6.07, 6.45) is 2.43. The number of thioether (sulfide) groups is 1. The van der Waals surface area contributed by atoms with Gasteiger partial charge in [-0.2, -0.15) is 0 Å². The zero-order valence-electron chi connectivity index (χ0n) is 15.1. The topological polar surface area (TPSA) is 46.6 Å². The summed E-state index contributed by atoms with van der Waals surface area (Å²) in [7, 11) is 0. The van der Waals surface area contributed by atoms with Gasteiger partial charge in [0.2, 0.25) is 0 Å². The van der Waals surface area contributed by atoms with E-state index in [0.717, 1.165) is 29.3 Å². The maximum atomic E-state index is 13.0. The number of rotatable bonds is 6. The molecule has 6 heteroatoms. The van der Waals surface area contributed by atoms with E-state index in [4.69, 9.17) is 4.74 Å². The summed E-state index contributed by atoms with van der Waals surface area (Å²) < 4.78 is 18.7. The third-order valence-corrected chi connectivity index (χ3v) is 5.21. The van der Waals surface area contributed by atoms with Crippen LogP contribution in [0.5, 0.6) is 5.75 Å². The standard InChI is InChI=1S/C21H20FNO3S/c1-3-14(2)23-20(24)19(27-21(23)25)12-16-5-4-6-18(11-16)26-13-15-7-9-17(22)10-8-15/h4-12,14H,3,13H2,1-2H3/b19-12+/t14-/m0/s1. The van der Waals surface area contributed by atoms with Crippen LogP contribution in [-0.4, -0.2) is 22.1 Å². The van der Waals surface area contributed by atoms with Crippen LogP contribution in [0.2, 0.25) is 0 Å². The van der Waals surface area contributed by atoms with Crippen LogP contribution in [0, 0.1) is 5.82 Å². The molecule has 3 rings (SSSR count). The van der Waals surface area contributed by atoms with Gasteiger partial charge in [-0.15, -0.1) is 0 Å². The number of hydrogen-bond donors (Lipinski definition) is 0. The van der Waals surface area contributed by atoms with Crippen molar-refractivity contribution < 1.29 is 18.7 Å². The molecule has 2 amide bonds. The van der Waals surface area contributed by atoms with Crippen molar-refractivity contribution in [1.82, 2.24) is 4.90 Å². The zero-order valence-corrected chi connectivity index (χ0v) is 16.0. The maximum Gasteiger partial charge on any atom is 0.293 e. The lowest BCUT2D eigenvalue weighted by Crippen LogP contribution is -2.36. The summed E-state index contributed by atoms with van der Waals surface area (Å²) in [5.41, 5.74) is 1.64. The first-order valence-corrected chi connectivity index (χ1v) is 9.54. The number of ether oxygens (including phenoxy) is 1. The highest BCUT2D eigenvalue weighted by Crippen LogP contribution is 2.34. The molecule has 0 spiro atoms. The Bertz CT molecular complexity index is 879. The number of carbonyl (C=O) groups is 2. The average Bonchev–Trinajstić information content (AvgIpc) is 2.94. The van der Waals surface area contributed by atoms with E-state index < -0.39 is 0 Å². The molecular formula is C21H20FNO3S. The van der Waals surface area contributed by atoms with Crippen LogP contribution >= 0.6 is 11.8 Å². The molecule has 0 aliphatic carbocycles.